The fraction of sp³-hybridized carbons (Fsp3) is 0.150. The minimum atomic E-state index is -0.121. The molecule has 0 fully saturated rings. The Morgan fingerprint density at radius 2 is 1.93 bits per heavy atom. The molecule has 2 aromatic carbocycles. The number of fused-ring (bicyclic) bond motifs is 1. The smallest absolute Gasteiger partial charge is 0.232 e. The minimum absolute atomic E-state index is 0.121. The first kappa shape index (κ1) is 17.6. The fourth-order valence-corrected chi connectivity index (χ4v) is 4.42. The summed E-state index contributed by atoms with van der Waals surface area (Å²) in [5.41, 5.74) is 2.57. The van der Waals surface area contributed by atoms with Gasteiger partial charge in [0.05, 0.1) is 34.5 Å². The largest absolute Gasteiger partial charge is 0.493 e. The third kappa shape index (κ3) is 3.99. The summed E-state index contributed by atoms with van der Waals surface area (Å²) in [6.45, 7) is 2.55. The molecule has 7 heteroatoms. The molecule has 4 aromatic rings. The van der Waals surface area contributed by atoms with E-state index in [4.69, 9.17) is 4.74 Å². The number of carbonyl (C=O) groups is 1. The first-order chi connectivity index (χ1) is 13.2. The molecular formula is C20H17N3O2S2. The number of benzene rings is 2. The lowest BCUT2D eigenvalue weighted by atomic mass is 10.2. The predicted molar refractivity (Wildman–Crippen MR) is 111 cm³/mol. The molecular weight excluding hydrogens is 378 g/mol. The van der Waals surface area contributed by atoms with E-state index in [1.165, 1.54) is 22.7 Å². The molecule has 0 saturated carbocycles. The summed E-state index contributed by atoms with van der Waals surface area (Å²) in [5, 5.41) is 6.24. The number of nitrogens with zero attached hydrogens (tertiary/aromatic N) is 2. The molecule has 0 aliphatic heterocycles. The fourth-order valence-electron chi connectivity index (χ4n) is 2.69. The van der Waals surface area contributed by atoms with Crippen LogP contribution in [-0.2, 0) is 11.2 Å². The summed E-state index contributed by atoms with van der Waals surface area (Å²) in [5.74, 6) is 0.684. The summed E-state index contributed by atoms with van der Waals surface area (Å²) in [7, 11) is 0. The number of aromatic nitrogens is 2. The van der Waals surface area contributed by atoms with Crippen LogP contribution in [-0.4, -0.2) is 22.5 Å². The maximum atomic E-state index is 12.4. The summed E-state index contributed by atoms with van der Waals surface area (Å²) in [6, 6.07) is 15.6. The highest BCUT2D eigenvalue weighted by Gasteiger charge is 2.13. The van der Waals surface area contributed by atoms with Crippen LogP contribution in [0.15, 0.2) is 53.9 Å². The van der Waals surface area contributed by atoms with Gasteiger partial charge in [0.2, 0.25) is 5.91 Å². The average Bonchev–Trinajstić information content (AvgIpc) is 3.28. The lowest BCUT2D eigenvalue weighted by Crippen LogP contribution is -2.14. The van der Waals surface area contributed by atoms with Gasteiger partial charge >= 0.3 is 0 Å². The standard InChI is InChI=1S/C20H17N3O2S2/c1-2-25-16-9-5-3-7-14(16)19-21-13(12-26-19)11-18(24)23-20-22-15-8-4-6-10-17(15)27-20/h3-10,12H,2,11H2,1H3,(H,22,23,24). The number of ether oxygens (including phenoxy) is 1. The van der Waals surface area contributed by atoms with Gasteiger partial charge in [0, 0.05) is 5.38 Å². The van der Waals surface area contributed by atoms with E-state index in [9.17, 15) is 4.79 Å². The van der Waals surface area contributed by atoms with Crippen molar-refractivity contribution in [1.82, 2.24) is 9.97 Å². The van der Waals surface area contributed by atoms with Crippen molar-refractivity contribution in [2.24, 2.45) is 0 Å². The van der Waals surface area contributed by atoms with Gasteiger partial charge in [0.15, 0.2) is 5.13 Å². The van der Waals surface area contributed by atoms with E-state index in [1.807, 2.05) is 60.8 Å². The van der Waals surface area contributed by atoms with Crippen LogP contribution in [0.25, 0.3) is 20.8 Å². The van der Waals surface area contributed by atoms with Crippen molar-refractivity contribution >= 4 is 43.9 Å². The van der Waals surface area contributed by atoms with Crippen molar-refractivity contribution in [3.8, 4) is 16.3 Å². The number of nitrogens with one attached hydrogen (secondary N) is 1. The molecule has 0 aliphatic rings. The number of carbonyl (C=O) groups excluding carboxylic acids is 1. The zero-order valence-corrected chi connectivity index (χ0v) is 16.3. The van der Waals surface area contributed by atoms with Gasteiger partial charge < -0.3 is 10.1 Å². The Balaban J connectivity index is 1.47. The summed E-state index contributed by atoms with van der Waals surface area (Å²) < 4.78 is 6.72. The number of thiazole rings is 2. The Morgan fingerprint density at radius 3 is 2.78 bits per heavy atom. The summed E-state index contributed by atoms with van der Waals surface area (Å²) in [4.78, 5) is 21.4. The molecule has 136 valence electrons. The summed E-state index contributed by atoms with van der Waals surface area (Å²) >= 11 is 2.98. The molecule has 0 spiro atoms. The van der Waals surface area contributed by atoms with E-state index >= 15 is 0 Å². The van der Waals surface area contributed by atoms with Crippen LogP contribution >= 0.6 is 22.7 Å². The Morgan fingerprint density at radius 1 is 1.11 bits per heavy atom. The van der Waals surface area contributed by atoms with Crippen molar-refractivity contribution in [3.63, 3.8) is 0 Å². The van der Waals surface area contributed by atoms with Gasteiger partial charge in [-0.15, -0.1) is 11.3 Å². The highest BCUT2D eigenvalue weighted by Crippen LogP contribution is 2.32. The second kappa shape index (κ2) is 7.85. The monoisotopic (exact) mass is 395 g/mol. The van der Waals surface area contributed by atoms with Crippen molar-refractivity contribution in [1.29, 1.82) is 0 Å². The molecule has 0 saturated heterocycles. The van der Waals surface area contributed by atoms with Crippen molar-refractivity contribution in [2.75, 3.05) is 11.9 Å². The average molecular weight is 396 g/mol. The Bertz CT molecular complexity index is 1050. The van der Waals surface area contributed by atoms with Gasteiger partial charge in [-0.05, 0) is 31.2 Å². The number of anilines is 1. The first-order valence-electron chi connectivity index (χ1n) is 8.55. The maximum absolute atomic E-state index is 12.4. The molecule has 1 N–H and O–H groups in total. The van der Waals surface area contributed by atoms with Crippen molar-refractivity contribution < 1.29 is 9.53 Å². The molecule has 0 bridgehead atoms. The van der Waals surface area contributed by atoms with E-state index in [-0.39, 0.29) is 12.3 Å². The van der Waals surface area contributed by atoms with Gasteiger partial charge in [-0.25, -0.2) is 9.97 Å². The molecule has 0 aliphatic carbocycles. The number of hydrogen-bond donors (Lipinski definition) is 1. The van der Waals surface area contributed by atoms with Crippen LogP contribution in [0.4, 0.5) is 5.13 Å². The molecule has 0 unspecified atom stereocenters. The highest BCUT2D eigenvalue weighted by atomic mass is 32.1. The highest BCUT2D eigenvalue weighted by molar-refractivity contribution is 7.22. The Labute approximate surface area is 164 Å². The van der Waals surface area contributed by atoms with Crippen LogP contribution in [0.1, 0.15) is 12.6 Å². The quantitative estimate of drug-likeness (QED) is 0.499. The lowest BCUT2D eigenvalue weighted by molar-refractivity contribution is -0.115. The third-order valence-electron chi connectivity index (χ3n) is 3.85. The predicted octanol–water partition coefficient (Wildman–Crippen LogP) is 5.00. The van der Waals surface area contributed by atoms with Crippen LogP contribution in [0.5, 0.6) is 5.75 Å². The van der Waals surface area contributed by atoms with Crippen LogP contribution in [0, 0.1) is 0 Å². The van der Waals surface area contributed by atoms with Crippen LogP contribution in [0.2, 0.25) is 0 Å². The first-order valence-corrected chi connectivity index (χ1v) is 10.2. The minimum Gasteiger partial charge on any atom is -0.493 e. The van der Waals surface area contributed by atoms with Gasteiger partial charge in [-0.1, -0.05) is 35.6 Å². The molecule has 0 radical (unpaired) electrons. The molecule has 0 atom stereocenters. The van der Waals surface area contributed by atoms with Crippen molar-refractivity contribution in [3.05, 3.63) is 59.6 Å². The zero-order chi connectivity index (χ0) is 18.6. The Kier molecular flexibility index (Phi) is 5.13. The second-order valence-electron chi connectivity index (χ2n) is 5.78. The summed E-state index contributed by atoms with van der Waals surface area (Å²) in [6.07, 6.45) is 0.212. The lowest BCUT2D eigenvalue weighted by Gasteiger charge is -2.07. The van der Waals surface area contributed by atoms with Gasteiger partial charge in [0.1, 0.15) is 10.8 Å². The van der Waals surface area contributed by atoms with Crippen LogP contribution in [0.3, 0.4) is 0 Å². The molecule has 27 heavy (non-hydrogen) atoms. The number of amides is 1. The second-order valence-corrected chi connectivity index (χ2v) is 7.67. The molecule has 2 aromatic heterocycles. The van der Waals surface area contributed by atoms with E-state index < -0.39 is 0 Å². The molecule has 5 nitrogen and oxygen atoms in total. The van der Waals surface area contributed by atoms with E-state index in [1.54, 1.807) is 0 Å². The number of hydrogen-bond acceptors (Lipinski definition) is 6. The van der Waals surface area contributed by atoms with E-state index in [2.05, 4.69) is 15.3 Å². The zero-order valence-electron chi connectivity index (χ0n) is 14.6. The Hall–Kier alpha value is -2.77. The molecule has 1 amide bonds. The topological polar surface area (TPSA) is 64.1 Å². The van der Waals surface area contributed by atoms with Crippen LogP contribution < -0.4 is 10.1 Å². The van der Waals surface area contributed by atoms with Gasteiger partial charge in [0.25, 0.3) is 0 Å². The van der Waals surface area contributed by atoms with Crippen molar-refractivity contribution in [2.45, 2.75) is 13.3 Å². The SMILES string of the molecule is CCOc1ccccc1-c1nc(CC(=O)Nc2nc3ccccc3s2)cs1. The number of para-hydroxylation sites is 2. The third-order valence-corrected chi connectivity index (χ3v) is 5.73. The molecule has 2 heterocycles. The van der Waals surface area contributed by atoms with E-state index in [0.717, 1.165) is 32.2 Å². The van der Waals surface area contributed by atoms with Gasteiger partial charge in [-0.3, -0.25) is 4.79 Å². The van der Waals surface area contributed by atoms with E-state index in [0.29, 0.717) is 11.7 Å². The maximum Gasteiger partial charge on any atom is 0.232 e. The molecule has 4 rings (SSSR count). The normalized spacial score (nSPS) is 10.9. The number of rotatable bonds is 6. The van der Waals surface area contributed by atoms with Gasteiger partial charge in [-0.2, -0.15) is 0 Å².